The van der Waals surface area contributed by atoms with Gasteiger partial charge in [0.05, 0.1) is 30.8 Å². The van der Waals surface area contributed by atoms with E-state index in [1.165, 1.54) is 59.4 Å². The van der Waals surface area contributed by atoms with Crippen molar-refractivity contribution in [2.45, 2.75) is 18.5 Å². The van der Waals surface area contributed by atoms with Crippen molar-refractivity contribution in [1.29, 1.82) is 0 Å². The van der Waals surface area contributed by atoms with Gasteiger partial charge < -0.3 is 9.64 Å². The first-order chi connectivity index (χ1) is 17.0. The van der Waals surface area contributed by atoms with Crippen LogP contribution in [0.3, 0.4) is 0 Å². The highest BCUT2D eigenvalue weighted by molar-refractivity contribution is 6.31. The van der Waals surface area contributed by atoms with Gasteiger partial charge in [0, 0.05) is 36.6 Å². The molecule has 0 saturated carbocycles. The molecule has 2 aromatic heterocycles. The molecule has 1 fully saturated rings. The van der Waals surface area contributed by atoms with Gasteiger partial charge in [0.1, 0.15) is 5.75 Å². The Morgan fingerprint density at radius 1 is 1.19 bits per heavy atom. The first-order valence-electron chi connectivity index (χ1n) is 10.8. The second kappa shape index (κ2) is 10.0. The third-order valence-electron chi connectivity index (χ3n) is 5.55. The number of nitrogens with one attached hydrogen (secondary N) is 1. The lowest BCUT2D eigenvalue weighted by Crippen LogP contribution is -2.51. The van der Waals surface area contributed by atoms with Crippen LogP contribution in [0.25, 0.3) is 16.8 Å². The quantitative estimate of drug-likeness (QED) is 0.527. The second-order valence-corrected chi connectivity index (χ2v) is 8.63. The Labute approximate surface area is 208 Å². The number of urea groups is 1. The van der Waals surface area contributed by atoms with Gasteiger partial charge in [-0.05, 0) is 47.5 Å². The molecular weight excluding hydrogens is 501 g/mol. The summed E-state index contributed by atoms with van der Waals surface area (Å²) in [5.74, 6) is -1.25. The highest BCUT2D eigenvalue weighted by atomic mass is 35.5. The number of carbonyl (C=O) groups is 2. The number of pyridine rings is 2. The monoisotopic (exact) mass is 520 g/mol. The van der Waals surface area contributed by atoms with E-state index in [0.717, 1.165) is 0 Å². The average molecular weight is 521 g/mol. The molecule has 3 amide bonds. The molecule has 0 radical (unpaired) electrons. The Bertz CT molecular complexity index is 1360. The first kappa shape index (κ1) is 25.2. The molecule has 3 heterocycles. The van der Waals surface area contributed by atoms with Crippen LogP contribution in [0.2, 0.25) is 5.02 Å². The summed E-state index contributed by atoms with van der Waals surface area (Å²) in [6, 6.07) is 8.50. The minimum Gasteiger partial charge on any atom is -0.493 e. The predicted molar refractivity (Wildman–Crippen MR) is 125 cm³/mol. The van der Waals surface area contributed by atoms with Crippen molar-refractivity contribution in [1.82, 2.24) is 19.8 Å². The van der Waals surface area contributed by atoms with Crippen molar-refractivity contribution >= 4 is 23.5 Å². The molecule has 1 aliphatic heterocycles. The van der Waals surface area contributed by atoms with Crippen molar-refractivity contribution in [3.05, 3.63) is 75.9 Å². The number of likely N-dealkylation sites (N-methyl/N-ethyl adjacent to an activating group) is 1. The van der Waals surface area contributed by atoms with Gasteiger partial charge in [0.25, 0.3) is 5.56 Å². The van der Waals surface area contributed by atoms with Gasteiger partial charge in [-0.1, -0.05) is 11.6 Å². The zero-order chi connectivity index (χ0) is 26.0. The molecule has 0 bridgehead atoms. The van der Waals surface area contributed by atoms with Gasteiger partial charge in [-0.15, -0.1) is 0 Å². The van der Waals surface area contributed by atoms with E-state index < -0.39 is 42.6 Å². The molecule has 1 aromatic carbocycles. The van der Waals surface area contributed by atoms with Crippen LogP contribution < -0.4 is 15.6 Å². The Kier molecular flexibility index (Phi) is 7.02. The standard InChI is InChI=1S/C24H20ClF3N4O4/c1-31-13-20(21(33)30-23(31)35)15-9-19(22(34)32(12-15)17-3-2-5-29-11-17)14-7-16(25)10-18(8-14)36-6-4-24(26,27)28/h2-3,5,7-12,20H,4,6,13H2,1H3,(H,30,33,35). The van der Waals surface area contributed by atoms with Crippen LogP contribution in [-0.2, 0) is 4.79 Å². The summed E-state index contributed by atoms with van der Waals surface area (Å²) in [5.41, 5.74) is 0.803. The number of aromatic nitrogens is 2. The molecule has 4 rings (SSSR count). The van der Waals surface area contributed by atoms with E-state index in [2.05, 4.69) is 10.3 Å². The highest BCUT2D eigenvalue weighted by Gasteiger charge is 2.32. The Hall–Kier alpha value is -3.86. The molecule has 1 saturated heterocycles. The third-order valence-corrected chi connectivity index (χ3v) is 5.77. The smallest absolute Gasteiger partial charge is 0.392 e. The molecular formula is C24H20ClF3N4O4. The molecule has 1 unspecified atom stereocenters. The summed E-state index contributed by atoms with van der Waals surface area (Å²) in [6.45, 7) is -0.539. The van der Waals surface area contributed by atoms with Gasteiger partial charge in [0.2, 0.25) is 5.91 Å². The predicted octanol–water partition coefficient (Wildman–Crippen LogP) is 4.15. The van der Waals surface area contributed by atoms with E-state index in [1.54, 1.807) is 12.1 Å². The Morgan fingerprint density at radius 3 is 2.67 bits per heavy atom. The number of imide groups is 1. The molecule has 0 spiro atoms. The van der Waals surface area contributed by atoms with E-state index in [4.69, 9.17) is 16.3 Å². The van der Waals surface area contributed by atoms with Gasteiger partial charge in [0.15, 0.2) is 0 Å². The minimum absolute atomic E-state index is 0.0558. The Morgan fingerprint density at radius 2 is 1.97 bits per heavy atom. The maximum Gasteiger partial charge on any atom is 0.392 e. The normalized spacial score (nSPS) is 16.1. The van der Waals surface area contributed by atoms with Crippen LogP contribution in [0, 0.1) is 0 Å². The van der Waals surface area contributed by atoms with E-state index in [1.807, 2.05) is 0 Å². The third kappa shape index (κ3) is 5.68. The molecule has 1 aliphatic rings. The van der Waals surface area contributed by atoms with E-state index in [0.29, 0.717) is 11.3 Å². The molecule has 1 atom stereocenters. The van der Waals surface area contributed by atoms with Gasteiger partial charge in [-0.25, -0.2) is 4.79 Å². The van der Waals surface area contributed by atoms with Crippen molar-refractivity contribution in [3.8, 4) is 22.6 Å². The number of nitrogens with zero attached hydrogens (tertiary/aromatic N) is 3. The number of amides is 3. The molecule has 0 aliphatic carbocycles. The van der Waals surface area contributed by atoms with Crippen molar-refractivity contribution in [2.24, 2.45) is 0 Å². The zero-order valence-corrected chi connectivity index (χ0v) is 19.6. The van der Waals surface area contributed by atoms with Crippen LogP contribution in [0.4, 0.5) is 18.0 Å². The number of benzene rings is 1. The van der Waals surface area contributed by atoms with Crippen molar-refractivity contribution in [2.75, 3.05) is 20.2 Å². The maximum atomic E-state index is 13.5. The summed E-state index contributed by atoms with van der Waals surface area (Å²) in [5, 5.41) is 2.43. The van der Waals surface area contributed by atoms with E-state index in [-0.39, 0.29) is 28.4 Å². The van der Waals surface area contributed by atoms with Crippen molar-refractivity contribution in [3.63, 3.8) is 0 Å². The number of alkyl halides is 3. The number of hydrogen-bond donors (Lipinski definition) is 1. The molecule has 8 nitrogen and oxygen atoms in total. The fraction of sp³-hybridized carbons (Fsp3) is 0.250. The largest absolute Gasteiger partial charge is 0.493 e. The maximum absolute atomic E-state index is 13.5. The first-order valence-corrected chi connectivity index (χ1v) is 11.1. The fourth-order valence-electron chi connectivity index (χ4n) is 3.76. The summed E-state index contributed by atoms with van der Waals surface area (Å²) in [4.78, 5) is 43.4. The zero-order valence-electron chi connectivity index (χ0n) is 18.9. The van der Waals surface area contributed by atoms with Crippen LogP contribution in [0.15, 0.2) is 59.8 Å². The summed E-state index contributed by atoms with van der Waals surface area (Å²) >= 11 is 6.20. The number of rotatable bonds is 6. The van der Waals surface area contributed by atoms with Crippen molar-refractivity contribution < 1.29 is 27.5 Å². The SMILES string of the molecule is CN1CC(c2cc(-c3cc(Cl)cc(OCCC(F)(F)F)c3)c(=O)n(-c3cccnc3)c2)C(=O)NC1=O. The lowest BCUT2D eigenvalue weighted by Gasteiger charge is -2.29. The average Bonchev–Trinajstić information content (AvgIpc) is 2.81. The number of ether oxygens (including phenoxy) is 1. The Balaban J connectivity index is 1.82. The van der Waals surface area contributed by atoms with Gasteiger partial charge >= 0.3 is 12.2 Å². The molecule has 12 heteroatoms. The number of carbonyl (C=O) groups excluding carboxylic acids is 2. The van der Waals surface area contributed by atoms with Crippen LogP contribution in [0.5, 0.6) is 5.75 Å². The van der Waals surface area contributed by atoms with Crippen LogP contribution in [-0.4, -0.2) is 52.8 Å². The lowest BCUT2D eigenvalue weighted by molar-refractivity contribution is -0.139. The molecule has 36 heavy (non-hydrogen) atoms. The lowest BCUT2D eigenvalue weighted by atomic mass is 9.94. The van der Waals surface area contributed by atoms with Crippen LogP contribution in [0.1, 0.15) is 17.9 Å². The summed E-state index contributed by atoms with van der Waals surface area (Å²) in [7, 11) is 1.54. The molecule has 3 aromatic rings. The topological polar surface area (TPSA) is 93.5 Å². The highest BCUT2D eigenvalue weighted by Crippen LogP contribution is 2.30. The molecule has 188 valence electrons. The van der Waals surface area contributed by atoms with Crippen LogP contribution >= 0.6 is 11.6 Å². The molecule has 1 N–H and O–H groups in total. The summed E-state index contributed by atoms with van der Waals surface area (Å²) < 4.78 is 44.1. The fourth-order valence-corrected chi connectivity index (χ4v) is 3.98. The van der Waals surface area contributed by atoms with E-state index >= 15 is 0 Å². The van der Waals surface area contributed by atoms with Gasteiger partial charge in [-0.3, -0.25) is 24.5 Å². The van der Waals surface area contributed by atoms with Gasteiger partial charge in [-0.2, -0.15) is 13.2 Å². The minimum atomic E-state index is -4.39. The number of halogens is 4. The second-order valence-electron chi connectivity index (χ2n) is 8.19. The number of hydrogen-bond acceptors (Lipinski definition) is 5. The van der Waals surface area contributed by atoms with E-state index in [9.17, 15) is 27.6 Å². The summed E-state index contributed by atoms with van der Waals surface area (Å²) in [6.07, 6.45) is -1.03.